The van der Waals surface area contributed by atoms with Crippen molar-refractivity contribution in [2.75, 3.05) is 0 Å². The molecule has 0 saturated carbocycles. The summed E-state index contributed by atoms with van der Waals surface area (Å²) in [7, 11) is 0. The van der Waals surface area contributed by atoms with Crippen LogP contribution in [0.1, 0.15) is 33.4 Å². The fourth-order valence-electron chi connectivity index (χ4n) is 7.89. The van der Waals surface area contributed by atoms with Crippen LogP contribution in [0.5, 0.6) is 0 Å². The first kappa shape index (κ1) is 23.8. The van der Waals surface area contributed by atoms with E-state index >= 15 is 0 Å². The molecule has 0 saturated heterocycles. The first-order valence-corrected chi connectivity index (χ1v) is 15.4. The first-order valence-electron chi connectivity index (χ1n) is 15.4. The zero-order valence-corrected chi connectivity index (χ0v) is 24.0. The topological polar surface area (TPSA) is 0 Å². The Balaban J connectivity index is 1.45. The molecule has 0 spiro atoms. The summed E-state index contributed by atoms with van der Waals surface area (Å²) in [5, 5.41) is 10.2. The second-order valence-corrected chi connectivity index (χ2v) is 12.0. The maximum atomic E-state index is 2.44. The molecule has 0 unspecified atom stereocenters. The van der Waals surface area contributed by atoms with Crippen LogP contribution in [0.25, 0.3) is 65.4 Å². The van der Waals surface area contributed by atoms with Crippen molar-refractivity contribution in [3.63, 3.8) is 0 Å². The number of allylic oxidation sites excluding steroid dienone is 2. The largest absolute Gasteiger partial charge is 0.0616 e. The summed E-state index contributed by atoms with van der Waals surface area (Å²) < 4.78 is 0. The molecule has 0 fully saturated rings. The van der Waals surface area contributed by atoms with E-state index in [1.54, 1.807) is 0 Å². The van der Waals surface area contributed by atoms with Crippen molar-refractivity contribution in [3.05, 3.63) is 191 Å². The molecule has 0 heteroatoms. The molecule has 2 aliphatic rings. The lowest BCUT2D eigenvalue weighted by Crippen LogP contribution is -1.95. The maximum absolute atomic E-state index is 2.44. The Labute approximate surface area is 255 Å². The minimum absolute atomic E-state index is 1.27. The Kier molecular flexibility index (Phi) is 4.81. The molecule has 0 nitrogen and oxygen atoms in total. The van der Waals surface area contributed by atoms with Crippen LogP contribution in [-0.2, 0) is 0 Å². The van der Waals surface area contributed by atoms with Gasteiger partial charge in [0.05, 0.1) is 0 Å². The van der Waals surface area contributed by atoms with E-state index in [4.69, 9.17) is 0 Å². The lowest BCUT2D eigenvalue weighted by atomic mass is 9.86. The minimum Gasteiger partial charge on any atom is -0.0616 e. The fraction of sp³-hybridized carbons (Fsp3) is 0. The van der Waals surface area contributed by atoms with Crippen molar-refractivity contribution in [1.29, 1.82) is 0 Å². The summed E-state index contributed by atoms with van der Waals surface area (Å²) in [6.45, 7) is 0. The van der Waals surface area contributed by atoms with Gasteiger partial charge in [-0.25, -0.2) is 0 Å². The number of rotatable bonds is 2. The van der Waals surface area contributed by atoms with Crippen LogP contribution in [0.15, 0.2) is 158 Å². The average Bonchev–Trinajstić information content (AvgIpc) is 3.59. The minimum atomic E-state index is 1.27. The molecule has 44 heavy (non-hydrogen) atoms. The van der Waals surface area contributed by atoms with Crippen LogP contribution in [0.3, 0.4) is 0 Å². The third-order valence-corrected chi connectivity index (χ3v) is 9.74. The SMILES string of the molecule is c1ccc2cc3c(cc2c1)C1=C(c2cccc4ccccc24)c2c(ccc4ccccc24)C1=C3c1cccc2ccccc12. The van der Waals surface area contributed by atoms with Gasteiger partial charge in [0, 0.05) is 0 Å². The van der Waals surface area contributed by atoms with Crippen LogP contribution in [0, 0.1) is 0 Å². The van der Waals surface area contributed by atoms with E-state index in [0.717, 1.165) is 0 Å². The van der Waals surface area contributed by atoms with Gasteiger partial charge < -0.3 is 0 Å². The van der Waals surface area contributed by atoms with Crippen LogP contribution >= 0.6 is 0 Å². The number of fused-ring (bicyclic) bond motifs is 10. The molecule has 0 amide bonds. The first-order chi connectivity index (χ1) is 21.8. The zero-order chi connectivity index (χ0) is 28.8. The Morgan fingerprint density at radius 3 is 1.27 bits per heavy atom. The predicted molar refractivity (Wildman–Crippen MR) is 188 cm³/mol. The fourth-order valence-corrected chi connectivity index (χ4v) is 7.89. The van der Waals surface area contributed by atoms with Gasteiger partial charge in [0.25, 0.3) is 0 Å². The van der Waals surface area contributed by atoms with E-state index in [1.165, 1.54) is 98.8 Å². The highest BCUT2D eigenvalue weighted by molar-refractivity contribution is 6.39. The smallest absolute Gasteiger partial charge is 0.000696 e. The predicted octanol–water partition coefficient (Wildman–Crippen LogP) is 11.5. The molecule has 8 aromatic rings. The lowest BCUT2D eigenvalue weighted by molar-refractivity contribution is 1.58. The van der Waals surface area contributed by atoms with Crippen molar-refractivity contribution in [2.24, 2.45) is 0 Å². The molecule has 202 valence electrons. The van der Waals surface area contributed by atoms with Crippen molar-refractivity contribution in [1.82, 2.24) is 0 Å². The molecule has 0 atom stereocenters. The quantitative estimate of drug-likeness (QED) is 0.199. The summed E-state index contributed by atoms with van der Waals surface area (Å²) in [6, 6.07) is 58.5. The van der Waals surface area contributed by atoms with E-state index < -0.39 is 0 Å². The molecule has 8 aromatic carbocycles. The van der Waals surface area contributed by atoms with Gasteiger partial charge in [-0.1, -0.05) is 146 Å². The highest BCUT2D eigenvalue weighted by Crippen LogP contribution is 2.61. The van der Waals surface area contributed by atoms with Crippen molar-refractivity contribution in [2.45, 2.75) is 0 Å². The number of hydrogen-bond donors (Lipinski definition) is 0. The normalized spacial score (nSPS) is 13.7. The molecule has 0 radical (unpaired) electrons. The molecule has 2 aliphatic carbocycles. The Bertz CT molecular complexity index is 2570. The molecule has 0 aliphatic heterocycles. The third kappa shape index (κ3) is 3.17. The van der Waals surface area contributed by atoms with Crippen LogP contribution < -0.4 is 0 Å². The Morgan fingerprint density at radius 2 is 0.659 bits per heavy atom. The van der Waals surface area contributed by atoms with E-state index in [9.17, 15) is 0 Å². The summed E-state index contributed by atoms with van der Waals surface area (Å²) in [4.78, 5) is 0. The van der Waals surface area contributed by atoms with Gasteiger partial charge in [-0.3, -0.25) is 0 Å². The van der Waals surface area contributed by atoms with Crippen molar-refractivity contribution in [3.8, 4) is 0 Å². The van der Waals surface area contributed by atoms with Gasteiger partial charge in [-0.15, -0.1) is 0 Å². The molecule has 0 heterocycles. The zero-order valence-electron chi connectivity index (χ0n) is 24.0. The van der Waals surface area contributed by atoms with Crippen LogP contribution in [0.2, 0.25) is 0 Å². The standard InChI is InChI=1S/C44H26/c1-2-15-31-26-39-38(25-30(31)14-1)41(35-21-9-16-27-11-3-6-18-32(27)35)43-37-24-23-29-13-5-8-20-34(29)40(37)42(44(39)43)36-22-10-17-28-12-4-7-19-33(28)36/h1-26H. The highest BCUT2D eigenvalue weighted by atomic mass is 14.4. The summed E-state index contributed by atoms with van der Waals surface area (Å²) >= 11 is 0. The van der Waals surface area contributed by atoms with Crippen molar-refractivity contribution >= 4 is 65.4 Å². The van der Waals surface area contributed by atoms with Crippen molar-refractivity contribution < 1.29 is 0 Å². The molecular formula is C44H26. The second kappa shape index (κ2) is 8.89. The third-order valence-electron chi connectivity index (χ3n) is 9.74. The van der Waals surface area contributed by atoms with Gasteiger partial charge in [0.15, 0.2) is 0 Å². The van der Waals surface area contributed by atoms with Gasteiger partial charge in [-0.2, -0.15) is 0 Å². The molecule has 0 aromatic heterocycles. The van der Waals surface area contributed by atoms with Gasteiger partial charge >= 0.3 is 0 Å². The molecular weight excluding hydrogens is 528 g/mol. The van der Waals surface area contributed by atoms with E-state index in [1.807, 2.05) is 0 Å². The maximum Gasteiger partial charge on any atom is -0.000696 e. The summed E-state index contributed by atoms with van der Waals surface area (Å²) in [5.74, 6) is 0. The van der Waals surface area contributed by atoms with Crippen LogP contribution in [0.4, 0.5) is 0 Å². The monoisotopic (exact) mass is 554 g/mol. The van der Waals surface area contributed by atoms with Crippen LogP contribution in [-0.4, -0.2) is 0 Å². The van der Waals surface area contributed by atoms with Gasteiger partial charge in [-0.05, 0) is 111 Å². The average molecular weight is 555 g/mol. The summed E-state index contributed by atoms with van der Waals surface area (Å²) in [6.07, 6.45) is 0. The van der Waals surface area contributed by atoms with E-state index in [-0.39, 0.29) is 0 Å². The lowest BCUT2D eigenvalue weighted by Gasteiger charge is -2.16. The summed E-state index contributed by atoms with van der Waals surface area (Å²) in [5.41, 5.74) is 13.3. The van der Waals surface area contributed by atoms with Gasteiger partial charge in [0.1, 0.15) is 0 Å². The van der Waals surface area contributed by atoms with Gasteiger partial charge in [0.2, 0.25) is 0 Å². The molecule has 0 bridgehead atoms. The van der Waals surface area contributed by atoms with E-state index in [2.05, 4.69) is 158 Å². The Morgan fingerprint density at radius 1 is 0.227 bits per heavy atom. The highest BCUT2D eigenvalue weighted by Gasteiger charge is 2.39. The number of benzene rings is 8. The molecule has 0 N–H and O–H groups in total. The van der Waals surface area contributed by atoms with E-state index in [0.29, 0.717) is 0 Å². The number of hydrogen-bond acceptors (Lipinski definition) is 0. The second-order valence-electron chi connectivity index (χ2n) is 12.0. The Hall–Kier alpha value is -5.72. The molecule has 10 rings (SSSR count).